The first-order valence-electron chi connectivity index (χ1n) is 7.17. The Labute approximate surface area is 135 Å². The number of nitrogens with one attached hydrogen (secondary N) is 2. The summed E-state index contributed by atoms with van der Waals surface area (Å²) in [4.78, 5) is 24.5. The third-order valence-electron chi connectivity index (χ3n) is 4.00. The number of carbonyl (C=O) groups is 1. The maximum absolute atomic E-state index is 12.4. The quantitative estimate of drug-likeness (QED) is 0.628. The van der Waals surface area contributed by atoms with Gasteiger partial charge in [-0.15, -0.1) is 12.4 Å². The Hall–Kier alpha value is -1.67. The van der Waals surface area contributed by atoms with Crippen LogP contribution in [0.15, 0.2) is 0 Å². The molecule has 0 atom stereocenters. The maximum atomic E-state index is 12.4. The lowest BCUT2D eigenvalue weighted by Crippen LogP contribution is -2.39. The van der Waals surface area contributed by atoms with E-state index < -0.39 is 4.92 Å². The van der Waals surface area contributed by atoms with Gasteiger partial charge < -0.3 is 10.2 Å². The van der Waals surface area contributed by atoms with Crippen molar-refractivity contribution in [3.63, 3.8) is 0 Å². The number of hydrogen-bond donors (Lipinski definition) is 2. The second kappa shape index (κ2) is 8.09. The molecule has 1 aromatic heterocycles. The minimum Gasteiger partial charge on any atom is -0.337 e. The molecule has 1 fully saturated rings. The Morgan fingerprint density at radius 2 is 2.14 bits per heavy atom. The van der Waals surface area contributed by atoms with Crippen molar-refractivity contribution in [2.75, 3.05) is 26.7 Å². The average molecular weight is 332 g/mol. The number of aromatic nitrogens is 2. The summed E-state index contributed by atoms with van der Waals surface area (Å²) in [6.07, 6.45) is 2.97. The summed E-state index contributed by atoms with van der Waals surface area (Å²) in [6, 6.07) is 0. The number of likely N-dealkylation sites (tertiary alicyclic amines) is 1. The van der Waals surface area contributed by atoms with E-state index in [0.717, 1.165) is 25.8 Å². The second-order valence-corrected chi connectivity index (χ2v) is 5.43. The van der Waals surface area contributed by atoms with Gasteiger partial charge in [0, 0.05) is 13.1 Å². The monoisotopic (exact) mass is 331 g/mol. The lowest BCUT2D eigenvalue weighted by atomic mass is 9.93. The van der Waals surface area contributed by atoms with Crippen molar-refractivity contribution in [3.8, 4) is 0 Å². The zero-order valence-electron chi connectivity index (χ0n) is 12.8. The van der Waals surface area contributed by atoms with E-state index in [2.05, 4.69) is 15.5 Å². The van der Waals surface area contributed by atoms with Crippen molar-refractivity contribution in [2.24, 2.45) is 5.92 Å². The number of H-pyrrole nitrogens is 1. The zero-order valence-corrected chi connectivity index (χ0v) is 13.6. The van der Waals surface area contributed by atoms with Crippen LogP contribution in [-0.4, -0.2) is 52.6 Å². The summed E-state index contributed by atoms with van der Waals surface area (Å²) in [6.45, 7) is 3.79. The van der Waals surface area contributed by atoms with Gasteiger partial charge >= 0.3 is 5.69 Å². The van der Waals surface area contributed by atoms with Crippen LogP contribution in [-0.2, 0) is 0 Å². The van der Waals surface area contributed by atoms with Gasteiger partial charge in [-0.3, -0.25) is 20.0 Å². The predicted octanol–water partition coefficient (Wildman–Crippen LogP) is 1.51. The van der Waals surface area contributed by atoms with Gasteiger partial charge in [0.1, 0.15) is 5.69 Å². The van der Waals surface area contributed by atoms with Crippen LogP contribution >= 0.6 is 12.4 Å². The molecule has 9 heteroatoms. The highest BCUT2D eigenvalue weighted by molar-refractivity contribution is 5.96. The number of aromatic amines is 1. The first kappa shape index (κ1) is 18.4. The Kier molecular flexibility index (Phi) is 6.76. The van der Waals surface area contributed by atoms with E-state index in [9.17, 15) is 14.9 Å². The molecule has 1 aliphatic rings. The molecule has 124 valence electrons. The molecule has 0 aliphatic carbocycles. The van der Waals surface area contributed by atoms with Crippen LogP contribution in [0.4, 0.5) is 5.69 Å². The van der Waals surface area contributed by atoms with Crippen molar-refractivity contribution >= 4 is 24.0 Å². The smallest absolute Gasteiger partial charge is 0.322 e. The molecule has 1 aliphatic heterocycles. The van der Waals surface area contributed by atoms with Crippen LogP contribution in [0.1, 0.15) is 35.4 Å². The largest absolute Gasteiger partial charge is 0.337 e. The lowest BCUT2D eigenvalue weighted by molar-refractivity contribution is -0.385. The molecular weight excluding hydrogens is 310 g/mol. The molecule has 1 amide bonds. The highest BCUT2D eigenvalue weighted by Crippen LogP contribution is 2.25. The van der Waals surface area contributed by atoms with Gasteiger partial charge in [-0.05, 0) is 45.7 Å². The molecule has 0 radical (unpaired) electrons. The Morgan fingerprint density at radius 1 is 1.50 bits per heavy atom. The van der Waals surface area contributed by atoms with Crippen molar-refractivity contribution in [1.29, 1.82) is 0 Å². The van der Waals surface area contributed by atoms with Crippen LogP contribution in [0, 0.1) is 23.0 Å². The van der Waals surface area contributed by atoms with Crippen molar-refractivity contribution in [3.05, 3.63) is 21.5 Å². The Morgan fingerprint density at radius 3 is 2.68 bits per heavy atom. The van der Waals surface area contributed by atoms with Gasteiger partial charge in [0.25, 0.3) is 5.91 Å². The van der Waals surface area contributed by atoms with E-state index in [-0.39, 0.29) is 29.7 Å². The summed E-state index contributed by atoms with van der Waals surface area (Å²) in [5.41, 5.74) is 0.0238. The van der Waals surface area contributed by atoms with Gasteiger partial charge in [-0.1, -0.05) is 0 Å². The van der Waals surface area contributed by atoms with Crippen LogP contribution in [0.25, 0.3) is 0 Å². The van der Waals surface area contributed by atoms with E-state index in [4.69, 9.17) is 0 Å². The molecule has 0 saturated carbocycles. The van der Waals surface area contributed by atoms with E-state index in [0.29, 0.717) is 24.7 Å². The molecule has 0 bridgehead atoms. The molecule has 0 aromatic carbocycles. The molecular formula is C13H22ClN5O3. The second-order valence-electron chi connectivity index (χ2n) is 5.43. The van der Waals surface area contributed by atoms with Crippen LogP contribution < -0.4 is 5.32 Å². The van der Waals surface area contributed by atoms with E-state index in [1.54, 1.807) is 11.8 Å². The van der Waals surface area contributed by atoms with Crippen LogP contribution in [0.2, 0.25) is 0 Å². The molecule has 8 nitrogen and oxygen atoms in total. The minimum atomic E-state index is -0.550. The molecule has 22 heavy (non-hydrogen) atoms. The number of rotatable bonds is 5. The normalized spacial score (nSPS) is 15.5. The number of carbonyl (C=O) groups excluding carboxylic acids is 1. The number of aryl methyl sites for hydroxylation is 1. The molecule has 2 N–H and O–H groups in total. The van der Waals surface area contributed by atoms with Gasteiger partial charge in [-0.2, -0.15) is 5.10 Å². The third-order valence-corrected chi connectivity index (χ3v) is 4.00. The number of nitro groups is 1. The summed E-state index contributed by atoms with van der Waals surface area (Å²) in [5.74, 6) is 0.260. The molecule has 0 unspecified atom stereocenters. The van der Waals surface area contributed by atoms with Gasteiger partial charge in [-0.25, -0.2) is 0 Å². The zero-order chi connectivity index (χ0) is 15.4. The fourth-order valence-electron chi connectivity index (χ4n) is 2.72. The molecule has 2 rings (SSSR count). The first-order chi connectivity index (χ1) is 10.0. The van der Waals surface area contributed by atoms with Gasteiger partial charge in [0.05, 0.1) is 4.92 Å². The minimum absolute atomic E-state index is 0. The Bertz CT molecular complexity index is 526. The number of halogens is 1. The van der Waals surface area contributed by atoms with Gasteiger partial charge in [0.2, 0.25) is 5.69 Å². The fraction of sp³-hybridized carbons (Fsp3) is 0.692. The molecule has 1 saturated heterocycles. The highest BCUT2D eigenvalue weighted by atomic mass is 35.5. The van der Waals surface area contributed by atoms with Crippen LogP contribution in [0.3, 0.4) is 0 Å². The maximum Gasteiger partial charge on any atom is 0.322 e. The number of hydrogen-bond acceptors (Lipinski definition) is 5. The highest BCUT2D eigenvalue weighted by Gasteiger charge is 2.32. The third kappa shape index (κ3) is 3.95. The van der Waals surface area contributed by atoms with Gasteiger partial charge in [0.15, 0.2) is 0 Å². The molecule has 1 aromatic rings. The van der Waals surface area contributed by atoms with E-state index >= 15 is 0 Å². The Balaban J connectivity index is 0.00000242. The number of nitrogens with zero attached hydrogens (tertiary/aromatic N) is 3. The van der Waals surface area contributed by atoms with Crippen LogP contribution in [0.5, 0.6) is 0 Å². The molecule has 2 heterocycles. The average Bonchev–Trinajstić information content (AvgIpc) is 2.87. The van der Waals surface area contributed by atoms with E-state index in [1.807, 2.05) is 7.05 Å². The summed E-state index contributed by atoms with van der Waals surface area (Å²) in [5, 5.41) is 20.5. The standard InChI is InChI=1S/C13H21N5O3.ClH/c1-9-12(18(20)21)11(16-15-9)13(19)17-7-4-10(5-8-17)3-6-14-2;/h10,14H,3-8H2,1-2H3,(H,15,16);1H. The number of amides is 1. The van der Waals surface area contributed by atoms with Crippen molar-refractivity contribution < 1.29 is 9.72 Å². The SMILES string of the molecule is CNCCC1CCN(C(=O)c2n[nH]c(C)c2[N+](=O)[O-])CC1.Cl. The predicted molar refractivity (Wildman–Crippen MR) is 84.4 cm³/mol. The first-order valence-corrected chi connectivity index (χ1v) is 7.17. The molecule has 0 spiro atoms. The summed E-state index contributed by atoms with van der Waals surface area (Å²) in [7, 11) is 1.93. The lowest BCUT2D eigenvalue weighted by Gasteiger charge is -2.31. The topological polar surface area (TPSA) is 104 Å². The fourth-order valence-corrected chi connectivity index (χ4v) is 2.72. The summed E-state index contributed by atoms with van der Waals surface area (Å²) < 4.78 is 0. The van der Waals surface area contributed by atoms with Crippen molar-refractivity contribution in [1.82, 2.24) is 20.4 Å². The van der Waals surface area contributed by atoms with E-state index in [1.165, 1.54) is 0 Å². The number of piperidine rings is 1. The summed E-state index contributed by atoms with van der Waals surface area (Å²) >= 11 is 0. The van der Waals surface area contributed by atoms with Crippen molar-refractivity contribution in [2.45, 2.75) is 26.2 Å².